The third kappa shape index (κ3) is 4.98. The van der Waals surface area contributed by atoms with Crippen LogP contribution in [-0.2, 0) is 4.79 Å². The molecule has 5 nitrogen and oxygen atoms in total. The Morgan fingerprint density at radius 1 is 1.46 bits per heavy atom. The lowest BCUT2D eigenvalue weighted by atomic mass is 9.85. The maximum Gasteiger partial charge on any atom is 0.259 e. The lowest BCUT2D eigenvalue weighted by Gasteiger charge is -2.22. The van der Waals surface area contributed by atoms with Crippen molar-refractivity contribution in [3.05, 3.63) is 48.1 Å². The smallest absolute Gasteiger partial charge is 0.259 e. The quantitative estimate of drug-likeness (QED) is 0.621. The molecule has 0 bridgehead atoms. The Labute approximate surface area is 143 Å². The molecule has 0 radical (unpaired) electrons. The summed E-state index contributed by atoms with van der Waals surface area (Å²) >= 11 is 0. The van der Waals surface area contributed by atoms with E-state index in [1.807, 2.05) is 38.1 Å². The fourth-order valence-electron chi connectivity index (χ4n) is 2.51. The largest absolute Gasteiger partial charge is 0.497 e. The summed E-state index contributed by atoms with van der Waals surface area (Å²) in [4.78, 5) is 12.0. The first-order valence-electron chi connectivity index (χ1n) is 8.05. The van der Waals surface area contributed by atoms with Crippen molar-refractivity contribution >= 4 is 17.3 Å². The summed E-state index contributed by atoms with van der Waals surface area (Å²) in [5, 5.41) is 7.34. The number of methoxy groups -OCH3 is 1. The molecule has 0 aliphatic heterocycles. The number of amides is 1. The SMILES string of the molecule is C=C(C)[C@@H]1CC=C(C)/C(=N\NC(=O)CNc2cccc(OC)c2)C1. The van der Waals surface area contributed by atoms with E-state index in [4.69, 9.17) is 4.74 Å². The maximum atomic E-state index is 12.0. The number of rotatable bonds is 6. The normalized spacial score (nSPS) is 18.7. The number of nitrogens with one attached hydrogen (secondary N) is 2. The van der Waals surface area contributed by atoms with Gasteiger partial charge in [0.2, 0.25) is 0 Å². The first kappa shape index (κ1) is 17.8. The van der Waals surface area contributed by atoms with Crippen molar-refractivity contribution < 1.29 is 9.53 Å². The van der Waals surface area contributed by atoms with Gasteiger partial charge in [0.05, 0.1) is 19.4 Å². The van der Waals surface area contributed by atoms with Gasteiger partial charge in [-0.1, -0.05) is 24.3 Å². The Hall–Kier alpha value is -2.56. The van der Waals surface area contributed by atoms with Crippen molar-refractivity contribution in [2.24, 2.45) is 11.0 Å². The number of hydrazone groups is 1. The van der Waals surface area contributed by atoms with Crippen molar-refractivity contribution in [2.75, 3.05) is 19.0 Å². The summed E-state index contributed by atoms with van der Waals surface area (Å²) in [5.74, 6) is 0.962. The molecular formula is C19H25N3O2. The van der Waals surface area contributed by atoms with Crippen LogP contribution in [0.15, 0.2) is 53.2 Å². The van der Waals surface area contributed by atoms with Crippen LogP contribution in [0.4, 0.5) is 5.69 Å². The standard InChI is InChI=1S/C19H25N3O2/c1-13(2)15-9-8-14(3)18(10-15)21-22-19(23)12-20-16-6-5-7-17(11-16)24-4/h5-8,11,15,20H,1,9-10,12H2,2-4H3,(H,22,23)/b21-18-/t15-/m1/s1. The minimum Gasteiger partial charge on any atom is -0.497 e. The molecule has 1 aliphatic carbocycles. The highest BCUT2D eigenvalue weighted by Gasteiger charge is 2.18. The van der Waals surface area contributed by atoms with E-state index in [1.54, 1.807) is 7.11 Å². The minimum absolute atomic E-state index is 0.149. The molecule has 0 saturated heterocycles. The van der Waals surface area contributed by atoms with Gasteiger partial charge in [0.1, 0.15) is 5.75 Å². The van der Waals surface area contributed by atoms with Crippen LogP contribution in [-0.4, -0.2) is 25.3 Å². The summed E-state index contributed by atoms with van der Waals surface area (Å²) in [6, 6.07) is 7.44. The Morgan fingerprint density at radius 3 is 2.96 bits per heavy atom. The van der Waals surface area contributed by atoms with Gasteiger partial charge in [-0.3, -0.25) is 4.79 Å². The molecule has 128 valence electrons. The molecule has 1 aromatic rings. The average molecular weight is 327 g/mol. The number of nitrogens with zero attached hydrogens (tertiary/aromatic N) is 1. The van der Waals surface area contributed by atoms with Crippen LogP contribution in [0.2, 0.25) is 0 Å². The second kappa shape index (κ2) is 8.34. The molecule has 0 fully saturated rings. The van der Waals surface area contributed by atoms with Crippen LogP contribution in [0.1, 0.15) is 26.7 Å². The van der Waals surface area contributed by atoms with Gasteiger partial charge >= 0.3 is 0 Å². The van der Waals surface area contributed by atoms with Crippen LogP contribution in [0.25, 0.3) is 0 Å². The van der Waals surface area contributed by atoms with Crippen LogP contribution >= 0.6 is 0 Å². The molecule has 1 aromatic carbocycles. The number of allylic oxidation sites excluding steroid dienone is 3. The fourth-order valence-corrected chi connectivity index (χ4v) is 2.51. The zero-order valence-electron chi connectivity index (χ0n) is 14.6. The molecule has 0 unspecified atom stereocenters. The summed E-state index contributed by atoms with van der Waals surface area (Å²) in [5.41, 5.74) is 6.64. The van der Waals surface area contributed by atoms with E-state index < -0.39 is 0 Å². The number of carbonyl (C=O) groups is 1. The van der Waals surface area contributed by atoms with Gasteiger partial charge in [-0.15, -0.1) is 0 Å². The van der Waals surface area contributed by atoms with Gasteiger partial charge in [-0.25, -0.2) is 5.43 Å². The van der Waals surface area contributed by atoms with Gasteiger partial charge in [0, 0.05) is 11.8 Å². The second-order valence-electron chi connectivity index (χ2n) is 6.05. The molecule has 1 aliphatic rings. The van der Waals surface area contributed by atoms with E-state index >= 15 is 0 Å². The molecule has 0 saturated carbocycles. The van der Waals surface area contributed by atoms with E-state index in [1.165, 1.54) is 0 Å². The Bertz CT molecular complexity index is 677. The van der Waals surface area contributed by atoms with Gasteiger partial charge in [-0.2, -0.15) is 5.10 Å². The summed E-state index contributed by atoms with van der Waals surface area (Å²) in [6.07, 6.45) is 3.97. The van der Waals surface area contributed by atoms with Gasteiger partial charge in [-0.05, 0) is 50.3 Å². The van der Waals surface area contributed by atoms with E-state index in [2.05, 4.69) is 28.5 Å². The van der Waals surface area contributed by atoms with Crippen molar-refractivity contribution in [3.63, 3.8) is 0 Å². The Kier molecular flexibility index (Phi) is 6.18. The summed E-state index contributed by atoms with van der Waals surface area (Å²) in [6.45, 7) is 8.23. The van der Waals surface area contributed by atoms with Crippen molar-refractivity contribution in [2.45, 2.75) is 26.7 Å². The molecule has 2 N–H and O–H groups in total. The zero-order valence-corrected chi connectivity index (χ0v) is 14.6. The highest BCUT2D eigenvalue weighted by molar-refractivity contribution is 6.01. The van der Waals surface area contributed by atoms with Crippen molar-refractivity contribution in [1.29, 1.82) is 0 Å². The van der Waals surface area contributed by atoms with Crippen LogP contribution < -0.4 is 15.5 Å². The van der Waals surface area contributed by atoms with Crippen molar-refractivity contribution in [1.82, 2.24) is 5.43 Å². The van der Waals surface area contributed by atoms with E-state index in [9.17, 15) is 4.79 Å². The van der Waals surface area contributed by atoms with Gasteiger partial charge in [0.15, 0.2) is 0 Å². The first-order valence-corrected chi connectivity index (χ1v) is 8.05. The average Bonchev–Trinajstić information content (AvgIpc) is 2.59. The predicted molar refractivity (Wildman–Crippen MR) is 98.4 cm³/mol. The van der Waals surface area contributed by atoms with Crippen molar-refractivity contribution in [3.8, 4) is 5.75 Å². The number of hydrogen-bond acceptors (Lipinski definition) is 4. The van der Waals surface area contributed by atoms with E-state index in [0.29, 0.717) is 5.92 Å². The van der Waals surface area contributed by atoms with Crippen LogP contribution in [0.5, 0.6) is 5.75 Å². The van der Waals surface area contributed by atoms with Crippen LogP contribution in [0.3, 0.4) is 0 Å². The number of ether oxygens (including phenoxy) is 1. The molecule has 1 atom stereocenters. The molecular weight excluding hydrogens is 302 g/mol. The molecule has 0 aromatic heterocycles. The number of carbonyl (C=O) groups excluding carboxylic acids is 1. The first-order chi connectivity index (χ1) is 11.5. The topological polar surface area (TPSA) is 62.7 Å². The minimum atomic E-state index is -0.185. The predicted octanol–water partition coefficient (Wildman–Crippen LogP) is 3.51. The third-order valence-electron chi connectivity index (χ3n) is 4.14. The summed E-state index contributed by atoms with van der Waals surface area (Å²) < 4.78 is 5.15. The van der Waals surface area contributed by atoms with Crippen LogP contribution in [0, 0.1) is 5.92 Å². The Balaban J connectivity index is 1.88. The second-order valence-corrected chi connectivity index (χ2v) is 6.05. The number of hydrogen-bond donors (Lipinski definition) is 2. The fraction of sp³-hybridized carbons (Fsp3) is 0.368. The molecule has 24 heavy (non-hydrogen) atoms. The molecule has 2 rings (SSSR count). The molecule has 0 heterocycles. The molecule has 5 heteroatoms. The summed E-state index contributed by atoms with van der Waals surface area (Å²) in [7, 11) is 1.61. The zero-order chi connectivity index (χ0) is 17.5. The lowest BCUT2D eigenvalue weighted by Crippen LogP contribution is -2.28. The van der Waals surface area contributed by atoms with E-state index in [-0.39, 0.29) is 12.5 Å². The highest BCUT2D eigenvalue weighted by atomic mass is 16.5. The third-order valence-corrected chi connectivity index (χ3v) is 4.14. The maximum absolute atomic E-state index is 12.0. The lowest BCUT2D eigenvalue weighted by molar-refractivity contribution is -0.119. The Morgan fingerprint density at radius 2 is 2.25 bits per heavy atom. The van der Waals surface area contributed by atoms with Gasteiger partial charge < -0.3 is 10.1 Å². The number of anilines is 1. The number of benzene rings is 1. The molecule has 1 amide bonds. The van der Waals surface area contributed by atoms with Gasteiger partial charge in [0.25, 0.3) is 5.91 Å². The highest BCUT2D eigenvalue weighted by Crippen LogP contribution is 2.26. The monoisotopic (exact) mass is 327 g/mol. The molecule has 0 spiro atoms. The van der Waals surface area contributed by atoms with E-state index in [0.717, 1.165) is 41.1 Å².